The predicted octanol–water partition coefficient (Wildman–Crippen LogP) is 3.99. The first-order chi connectivity index (χ1) is 12.5. The number of urea groups is 1. The van der Waals surface area contributed by atoms with E-state index in [0.29, 0.717) is 18.7 Å². The minimum Gasteiger partial charge on any atom is -0.338 e. The summed E-state index contributed by atoms with van der Waals surface area (Å²) in [6.07, 6.45) is 0.560. The molecule has 0 saturated heterocycles. The van der Waals surface area contributed by atoms with Gasteiger partial charge in [-0.15, -0.1) is 0 Å². The van der Waals surface area contributed by atoms with Gasteiger partial charge in [0.15, 0.2) is 0 Å². The Bertz CT molecular complexity index is 920. The Labute approximate surface area is 151 Å². The molecule has 6 heteroatoms. The standard InChI is InChI=1S/C20H21FN4O/c1-14-12-15(2)25(24-14)19-9-4-3-8-18(19)23-20(26)22-11-10-16-6-5-7-17(21)13-16/h3-9,12-13H,10-11H2,1-2H3,(H2,22,23,26). The molecule has 0 radical (unpaired) electrons. The Morgan fingerprint density at radius 1 is 1.12 bits per heavy atom. The minimum absolute atomic E-state index is 0.272. The average molecular weight is 352 g/mol. The highest BCUT2D eigenvalue weighted by atomic mass is 19.1. The fraction of sp³-hybridized carbons (Fsp3) is 0.200. The predicted molar refractivity (Wildman–Crippen MR) is 100 cm³/mol. The van der Waals surface area contributed by atoms with Crippen LogP contribution in [0.15, 0.2) is 54.6 Å². The van der Waals surface area contributed by atoms with Crippen molar-refractivity contribution in [2.75, 3.05) is 11.9 Å². The maximum Gasteiger partial charge on any atom is 0.319 e. The largest absolute Gasteiger partial charge is 0.338 e. The van der Waals surface area contributed by atoms with Crippen molar-refractivity contribution < 1.29 is 9.18 Å². The van der Waals surface area contributed by atoms with Gasteiger partial charge < -0.3 is 10.6 Å². The molecule has 0 spiro atoms. The maximum atomic E-state index is 13.2. The molecule has 0 aliphatic rings. The van der Waals surface area contributed by atoms with Crippen molar-refractivity contribution in [1.29, 1.82) is 0 Å². The molecule has 0 fully saturated rings. The van der Waals surface area contributed by atoms with Gasteiger partial charge in [-0.2, -0.15) is 5.10 Å². The van der Waals surface area contributed by atoms with Gasteiger partial charge in [0.1, 0.15) is 5.82 Å². The molecule has 0 atom stereocenters. The van der Waals surface area contributed by atoms with Crippen LogP contribution >= 0.6 is 0 Å². The average Bonchev–Trinajstić information content (AvgIpc) is 2.93. The van der Waals surface area contributed by atoms with Crippen LogP contribution in [0.2, 0.25) is 0 Å². The van der Waals surface area contributed by atoms with Crippen molar-refractivity contribution >= 4 is 11.7 Å². The van der Waals surface area contributed by atoms with E-state index < -0.39 is 0 Å². The molecule has 2 aromatic carbocycles. The maximum absolute atomic E-state index is 13.2. The van der Waals surface area contributed by atoms with Crippen LogP contribution in [0, 0.1) is 19.7 Å². The van der Waals surface area contributed by atoms with Crippen molar-refractivity contribution in [1.82, 2.24) is 15.1 Å². The first-order valence-corrected chi connectivity index (χ1v) is 8.45. The zero-order chi connectivity index (χ0) is 18.5. The fourth-order valence-corrected chi connectivity index (χ4v) is 2.82. The van der Waals surface area contributed by atoms with Crippen molar-refractivity contribution in [2.24, 2.45) is 0 Å². The summed E-state index contributed by atoms with van der Waals surface area (Å²) in [7, 11) is 0. The molecule has 0 bridgehead atoms. The second-order valence-electron chi connectivity index (χ2n) is 6.12. The number of aromatic nitrogens is 2. The van der Waals surface area contributed by atoms with Gasteiger partial charge in [0, 0.05) is 12.2 Å². The van der Waals surface area contributed by atoms with E-state index in [1.54, 1.807) is 10.7 Å². The van der Waals surface area contributed by atoms with Crippen LogP contribution in [-0.2, 0) is 6.42 Å². The fourth-order valence-electron chi connectivity index (χ4n) is 2.82. The minimum atomic E-state index is -0.310. The zero-order valence-corrected chi connectivity index (χ0v) is 14.8. The summed E-state index contributed by atoms with van der Waals surface area (Å²) in [6, 6.07) is 15.5. The Morgan fingerprint density at radius 2 is 1.92 bits per heavy atom. The van der Waals surface area contributed by atoms with Gasteiger partial charge in [0.05, 0.1) is 17.1 Å². The summed E-state index contributed by atoms with van der Waals surface area (Å²) < 4.78 is 15.0. The molecule has 5 nitrogen and oxygen atoms in total. The number of carbonyl (C=O) groups excluding carboxylic acids is 1. The lowest BCUT2D eigenvalue weighted by molar-refractivity contribution is 0.252. The number of para-hydroxylation sites is 2. The van der Waals surface area contributed by atoms with Crippen LogP contribution in [0.3, 0.4) is 0 Å². The molecule has 134 valence electrons. The topological polar surface area (TPSA) is 59.0 Å². The van der Waals surface area contributed by atoms with Crippen LogP contribution < -0.4 is 10.6 Å². The number of anilines is 1. The van der Waals surface area contributed by atoms with Crippen molar-refractivity contribution in [2.45, 2.75) is 20.3 Å². The normalized spacial score (nSPS) is 10.6. The van der Waals surface area contributed by atoms with E-state index in [4.69, 9.17) is 0 Å². The molecule has 3 rings (SSSR count). The van der Waals surface area contributed by atoms with Gasteiger partial charge in [0.2, 0.25) is 0 Å². The molecule has 3 aromatic rings. The number of carbonyl (C=O) groups is 1. The molecule has 2 N–H and O–H groups in total. The van der Waals surface area contributed by atoms with Crippen LogP contribution in [0.25, 0.3) is 5.69 Å². The van der Waals surface area contributed by atoms with Crippen molar-refractivity contribution in [3.8, 4) is 5.69 Å². The third-order valence-corrected chi connectivity index (χ3v) is 3.98. The van der Waals surface area contributed by atoms with E-state index in [0.717, 1.165) is 22.6 Å². The van der Waals surface area contributed by atoms with Gasteiger partial charge >= 0.3 is 6.03 Å². The lowest BCUT2D eigenvalue weighted by Gasteiger charge is -2.13. The van der Waals surface area contributed by atoms with Gasteiger partial charge in [-0.05, 0) is 56.2 Å². The smallest absolute Gasteiger partial charge is 0.319 e. The SMILES string of the molecule is Cc1cc(C)n(-c2ccccc2NC(=O)NCCc2cccc(F)c2)n1. The number of benzene rings is 2. The van der Waals surface area contributed by atoms with E-state index in [9.17, 15) is 9.18 Å². The van der Waals surface area contributed by atoms with E-state index >= 15 is 0 Å². The van der Waals surface area contributed by atoms with E-state index in [2.05, 4.69) is 15.7 Å². The molecule has 0 aliphatic carbocycles. The van der Waals surface area contributed by atoms with Crippen molar-refractivity contribution in [3.05, 3.63) is 77.4 Å². The number of halogens is 1. The summed E-state index contributed by atoms with van der Waals surface area (Å²) in [6.45, 7) is 4.31. The molecule has 0 saturated carbocycles. The summed E-state index contributed by atoms with van der Waals surface area (Å²) in [4.78, 5) is 12.2. The highest BCUT2D eigenvalue weighted by molar-refractivity contribution is 5.91. The quantitative estimate of drug-likeness (QED) is 0.729. The lowest BCUT2D eigenvalue weighted by atomic mass is 10.1. The number of hydrogen-bond donors (Lipinski definition) is 2. The molecule has 26 heavy (non-hydrogen) atoms. The van der Waals surface area contributed by atoms with E-state index in [-0.39, 0.29) is 11.8 Å². The number of nitrogens with zero attached hydrogens (tertiary/aromatic N) is 2. The third-order valence-electron chi connectivity index (χ3n) is 3.98. The molecule has 1 aromatic heterocycles. The van der Waals surface area contributed by atoms with Gasteiger partial charge in [0.25, 0.3) is 0 Å². The zero-order valence-electron chi connectivity index (χ0n) is 14.8. The monoisotopic (exact) mass is 352 g/mol. The Hall–Kier alpha value is -3.15. The van der Waals surface area contributed by atoms with Crippen molar-refractivity contribution in [3.63, 3.8) is 0 Å². The highest BCUT2D eigenvalue weighted by Gasteiger charge is 2.10. The number of nitrogens with one attached hydrogen (secondary N) is 2. The number of amides is 2. The first kappa shape index (κ1) is 17.7. The van der Waals surface area contributed by atoms with Crippen LogP contribution in [0.4, 0.5) is 14.9 Å². The van der Waals surface area contributed by atoms with E-state index in [1.807, 2.05) is 50.2 Å². The molecule has 0 aliphatic heterocycles. The first-order valence-electron chi connectivity index (χ1n) is 8.45. The van der Waals surface area contributed by atoms with Gasteiger partial charge in [-0.3, -0.25) is 0 Å². The molecular formula is C20H21FN4O. The Morgan fingerprint density at radius 3 is 2.65 bits per heavy atom. The third kappa shape index (κ3) is 4.27. The number of rotatable bonds is 5. The molecular weight excluding hydrogens is 331 g/mol. The molecule has 2 amide bonds. The second-order valence-corrected chi connectivity index (χ2v) is 6.12. The highest BCUT2D eigenvalue weighted by Crippen LogP contribution is 2.21. The summed E-state index contributed by atoms with van der Waals surface area (Å²) in [5.74, 6) is -0.272. The van der Waals surface area contributed by atoms with Crippen LogP contribution in [-0.4, -0.2) is 22.4 Å². The molecule has 1 heterocycles. The lowest BCUT2D eigenvalue weighted by Crippen LogP contribution is -2.30. The second kappa shape index (κ2) is 7.82. The Kier molecular flexibility index (Phi) is 5.31. The van der Waals surface area contributed by atoms with Crippen LogP contribution in [0.5, 0.6) is 0 Å². The van der Waals surface area contributed by atoms with Gasteiger partial charge in [-0.25, -0.2) is 13.9 Å². The molecule has 0 unspecified atom stereocenters. The van der Waals surface area contributed by atoms with Gasteiger partial charge in [-0.1, -0.05) is 24.3 Å². The summed E-state index contributed by atoms with van der Waals surface area (Å²) >= 11 is 0. The van der Waals surface area contributed by atoms with Crippen LogP contribution in [0.1, 0.15) is 17.0 Å². The summed E-state index contributed by atoms with van der Waals surface area (Å²) in [5.41, 5.74) is 4.22. The number of hydrogen-bond acceptors (Lipinski definition) is 2. The van der Waals surface area contributed by atoms with E-state index in [1.165, 1.54) is 12.1 Å². The number of aryl methyl sites for hydroxylation is 2. The Balaban J connectivity index is 1.64. The summed E-state index contributed by atoms with van der Waals surface area (Å²) in [5, 5.41) is 10.1.